The molecule has 0 spiro atoms. The van der Waals surface area contributed by atoms with Crippen molar-refractivity contribution in [3.63, 3.8) is 0 Å². The van der Waals surface area contributed by atoms with Crippen LogP contribution in [0.3, 0.4) is 0 Å². The van der Waals surface area contributed by atoms with E-state index in [1.165, 1.54) is 16.7 Å². The predicted octanol–water partition coefficient (Wildman–Crippen LogP) is 2.06. The molecule has 0 aromatic carbocycles. The molecule has 8 nitrogen and oxygen atoms in total. The molecular formula is C18H22N6O2S2. The third-order valence-corrected chi connectivity index (χ3v) is 5.73. The highest BCUT2D eigenvalue weighted by Gasteiger charge is 2.17. The number of hydrogen-bond donors (Lipinski definition) is 1. The molecule has 0 unspecified atom stereocenters. The van der Waals surface area contributed by atoms with Gasteiger partial charge in [-0.1, -0.05) is 17.8 Å². The van der Waals surface area contributed by atoms with Crippen molar-refractivity contribution in [1.29, 1.82) is 0 Å². The van der Waals surface area contributed by atoms with Crippen LogP contribution in [-0.4, -0.2) is 55.1 Å². The van der Waals surface area contributed by atoms with E-state index in [-0.39, 0.29) is 24.1 Å². The summed E-state index contributed by atoms with van der Waals surface area (Å²) in [4.78, 5) is 35.9. The van der Waals surface area contributed by atoms with Gasteiger partial charge >= 0.3 is 0 Å². The van der Waals surface area contributed by atoms with Gasteiger partial charge in [0.2, 0.25) is 17.0 Å². The number of rotatable bonds is 8. The molecule has 28 heavy (non-hydrogen) atoms. The number of carbonyl (C=O) groups excluding carboxylic acids is 2. The van der Waals surface area contributed by atoms with Crippen molar-refractivity contribution in [2.45, 2.75) is 32.5 Å². The number of aromatic nitrogens is 4. The molecule has 2 amide bonds. The van der Waals surface area contributed by atoms with Crippen LogP contribution < -0.4 is 5.32 Å². The molecule has 0 aliphatic carbocycles. The van der Waals surface area contributed by atoms with E-state index in [9.17, 15) is 9.59 Å². The highest BCUT2D eigenvalue weighted by molar-refractivity contribution is 7.99. The molecule has 0 saturated carbocycles. The Morgan fingerprint density at radius 2 is 2.14 bits per heavy atom. The summed E-state index contributed by atoms with van der Waals surface area (Å²) in [6.07, 6.45) is 0. The topological polar surface area (TPSA) is 92.5 Å². The number of amides is 2. The quantitative estimate of drug-likeness (QED) is 0.563. The van der Waals surface area contributed by atoms with Gasteiger partial charge in [0.25, 0.3) is 5.78 Å². The van der Waals surface area contributed by atoms with Crippen LogP contribution in [0.15, 0.2) is 28.7 Å². The van der Waals surface area contributed by atoms with Gasteiger partial charge in [0, 0.05) is 22.8 Å². The fourth-order valence-electron chi connectivity index (χ4n) is 2.63. The maximum absolute atomic E-state index is 12.5. The molecule has 0 fully saturated rings. The van der Waals surface area contributed by atoms with Crippen LogP contribution in [0, 0.1) is 13.8 Å². The number of hydrogen-bond acceptors (Lipinski definition) is 7. The second kappa shape index (κ2) is 9.16. The van der Waals surface area contributed by atoms with E-state index in [1.807, 2.05) is 44.4 Å². The summed E-state index contributed by atoms with van der Waals surface area (Å²) in [6.45, 7) is 6.68. The molecule has 0 aliphatic rings. The zero-order valence-corrected chi connectivity index (χ0v) is 17.6. The first-order valence-electron chi connectivity index (χ1n) is 8.87. The first-order chi connectivity index (χ1) is 13.5. The minimum Gasteiger partial charge on any atom is -0.350 e. The second-order valence-electron chi connectivity index (χ2n) is 6.20. The third kappa shape index (κ3) is 5.08. The Labute approximate surface area is 171 Å². The average molecular weight is 419 g/mol. The van der Waals surface area contributed by atoms with Crippen molar-refractivity contribution in [2.75, 3.05) is 18.8 Å². The molecule has 3 aromatic rings. The van der Waals surface area contributed by atoms with E-state index >= 15 is 0 Å². The fraction of sp³-hybridized carbons (Fsp3) is 0.389. The Hall–Kier alpha value is -2.46. The largest absolute Gasteiger partial charge is 0.350 e. The van der Waals surface area contributed by atoms with Crippen LogP contribution in [0.25, 0.3) is 5.78 Å². The van der Waals surface area contributed by atoms with Crippen LogP contribution in [0.1, 0.15) is 23.2 Å². The SMILES string of the molecule is CCN(CC(=O)NCc1cccs1)C(=O)CSc1nc2nc(C)cc(C)n2n1. The van der Waals surface area contributed by atoms with Crippen LogP contribution in [0.5, 0.6) is 0 Å². The second-order valence-corrected chi connectivity index (χ2v) is 8.17. The Kier molecular flexibility index (Phi) is 6.63. The molecule has 1 N–H and O–H groups in total. The van der Waals surface area contributed by atoms with Crippen LogP contribution in [-0.2, 0) is 16.1 Å². The van der Waals surface area contributed by atoms with Crippen LogP contribution >= 0.6 is 23.1 Å². The van der Waals surface area contributed by atoms with Gasteiger partial charge in [0.15, 0.2) is 0 Å². The van der Waals surface area contributed by atoms with Gasteiger partial charge in [-0.15, -0.1) is 16.4 Å². The Balaban J connectivity index is 1.53. The highest BCUT2D eigenvalue weighted by atomic mass is 32.2. The van der Waals surface area contributed by atoms with Crippen LogP contribution in [0.4, 0.5) is 0 Å². The summed E-state index contributed by atoms with van der Waals surface area (Å²) in [5.41, 5.74) is 1.81. The number of carbonyl (C=O) groups is 2. The minimum atomic E-state index is -0.172. The number of likely N-dealkylation sites (N-methyl/N-ethyl adjacent to an activating group) is 1. The lowest BCUT2D eigenvalue weighted by Gasteiger charge is -2.19. The van der Waals surface area contributed by atoms with Crippen molar-refractivity contribution < 1.29 is 9.59 Å². The molecule has 3 aromatic heterocycles. The summed E-state index contributed by atoms with van der Waals surface area (Å²) in [5, 5.41) is 9.69. The van der Waals surface area contributed by atoms with Gasteiger partial charge < -0.3 is 10.2 Å². The van der Waals surface area contributed by atoms with Crippen molar-refractivity contribution in [3.05, 3.63) is 39.8 Å². The first-order valence-corrected chi connectivity index (χ1v) is 10.7. The number of thioether (sulfide) groups is 1. The standard InChI is InChI=1S/C18H22N6O2S2/c1-4-23(10-15(25)19-9-14-6-5-7-27-14)16(26)11-28-18-21-17-20-12(2)8-13(3)24(17)22-18/h5-8H,4,9-11H2,1-3H3,(H,19,25). The van der Waals surface area contributed by atoms with E-state index in [4.69, 9.17) is 0 Å². The Morgan fingerprint density at radius 1 is 1.32 bits per heavy atom. The molecular weight excluding hydrogens is 396 g/mol. The zero-order chi connectivity index (χ0) is 20.1. The Bertz CT molecular complexity index is 970. The summed E-state index contributed by atoms with van der Waals surface area (Å²) in [5.74, 6) is 0.391. The number of aryl methyl sites for hydroxylation is 2. The normalized spacial score (nSPS) is 11.0. The molecule has 0 radical (unpaired) electrons. The van der Waals surface area contributed by atoms with E-state index < -0.39 is 0 Å². The molecule has 0 saturated heterocycles. The monoisotopic (exact) mass is 418 g/mol. The van der Waals surface area contributed by atoms with Crippen molar-refractivity contribution in [3.8, 4) is 0 Å². The van der Waals surface area contributed by atoms with E-state index in [0.717, 1.165) is 16.3 Å². The predicted molar refractivity (Wildman–Crippen MR) is 109 cm³/mol. The van der Waals surface area contributed by atoms with E-state index in [2.05, 4.69) is 20.4 Å². The number of nitrogens with one attached hydrogen (secondary N) is 1. The van der Waals surface area contributed by atoms with Crippen molar-refractivity contribution in [2.24, 2.45) is 0 Å². The van der Waals surface area contributed by atoms with Gasteiger partial charge in [0.1, 0.15) is 0 Å². The maximum atomic E-state index is 12.5. The third-order valence-electron chi connectivity index (χ3n) is 4.03. The Morgan fingerprint density at radius 3 is 2.86 bits per heavy atom. The summed E-state index contributed by atoms with van der Waals surface area (Å²) in [6, 6.07) is 5.83. The molecule has 148 valence electrons. The van der Waals surface area contributed by atoms with Crippen LogP contribution in [0.2, 0.25) is 0 Å². The molecule has 0 aliphatic heterocycles. The average Bonchev–Trinajstić information content (AvgIpc) is 3.32. The van der Waals surface area contributed by atoms with Gasteiger partial charge in [-0.25, -0.2) is 9.50 Å². The zero-order valence-electron chi connectivity index (χ0n) is 16.0. The van der Waals surface area contributed by atoms with Gasteiger partial charge in [0.05, 0.1) is 18.8 Å². The van der Waals surface area contributed by atoms with Gasteiger partial charge in [-0.05, 0) is 38.3 Å². The minimum absolute atomic E-state index is 0.0414. The molecule has 3 heterocycles. The molecule has 0 atom stereocenters. The first kappa shape index (κ1) is 20.3. The number of thiophene rings is 1. The molecule has 3 rings (SSSR count). The molecule has 0 bridgehead atoms. The fourth-order valence-corrected chi connectivity index (χ4v) is 4.00. The summed E-state index contributed by atoms with van der Waals surface area (Å²) in [7, 11) is 0. The van der Waals surface area contributed by atoms with Gasteiger partial charge in [-0.2, -0.15) is 4.98 Å². The lowest BCUT2D eigenvalue weighted by molar-refractivity contribution is -0.133. The van der Waals surface area contributed by atoms with E-state index in [0.29, 0.717) is 24.0 Å². The van der Waals surface area contributed by atoms with Gasteiger partial charge in [-0.3, -0.25) is 9.59 Å². The van der Waals surface area contributed by atoms with E-state index in [1.54, 1.807) is 15.9 Å². The summed E-state index contributed by atoms with van der Waals surface area (Å²) < 4.78 is 1.66. The number of nitrogens with zero attached hydrogens (tertiary/aromatic N) is 5. The maximum Gasteiger partial charge on any atom is 0.253 e. The number of fused-ring (bicyclic) bond motifs is 1. The highest BCUT2D eigenvalue weighted by Crippen LogP contribution is 2.16. The lowest BCUT2D eigenvalue weighted by atomic mass is 10.4. The summed E-state index contributed by atoms with van der Waals surface area (Å²) >= 11 is 2.83. The molecule has 10 heteroatoms. The lowest BCUT2D eigenvalue weighted by Crippen LogP contribution is -2.41. The smallest absolute Gasteiger partial charge is 0.253 e. The van der Waals surface area contributed by atoms with Crippen molar-refractivity contribution >= 4 is 40.7 Å². The van der Waals surface area contributed by atoms with Crippen molar-refractivity contribution in [1.82, 2.24) is 29.8 Å².